The lowest BCUT2D eigenvalue weighted by Crippen LogP contribution is -2.09. The van der Waals surface area contributed by atoms with E-state index in [0.717, 1.165) is 10.4 Å². The second-order valence-corrected chi connectivity index (χ2v) is 5.78. The Hall–Kier alpha value is -2.60. The Bertz CT molecular complexity index is 741. The molecule has 3 aromatic rings. The molecule has 21 heavy (non-hydrogen) atoms. The second kappa shape index (κ2) is 5.41. The number of nitrogens with two attached hydrogens (primary N) is 1. The third-order valence-electron chi connectivity index (χ3n) is 3.04. The molecule has 106 valence electrons. The van der Waals surface area contributed by atoms with Gasteiger partial charge in [0.2, 0.25) is 0 Å². The van der Waals surface area contributed by atoms with Crippen LogP contribution in [0.4, 0.5) is 11.4 Å². The topological polar surface area (TPSA) is 81.2 Å². The van der Waals surface area contributed by atoms with E-state index in [9.17, 15) is 4.79 Å². The summed E-state index contributed by atoms with van der Waals surface area (Å²) in [6, 6.07) is 9.06. The quantitative estimate of drug-likeness (QED) is 0.775. The van der Waals surface area contributed by atoms with Crippen molar-refractivity contribution < 1.29 is 9.21 Å². The number of thiophene rings is 1. The van der Waals surface area contributed by atoms with Gasteiger partial charge in [-0.2, -0.15) is 0 Å². The number of hydrogen-bond acceptors (Lipinski definition) is 5. The maximum Gasteiger partial charge on any atom is 0.265 e. The number of nitrogens with zero attached hydrogens (tertiary/aromatic N) is 1. The fourth-order valence-electron chi connectivity index (χ4n) is 1.88. The smallest absolute Gasteiger partial charge is 0.265 e. The van der Waals surface area contributed by atoms with Gasteiger partial charge in [-0.15, -0.1) is 11.3 Å². The van der Waals surface area contributed by atoms with E-state index in [1.807, 2.05) is 31.2 Å². The maximum atomic E-state index is 12.1. The zero-order valence-corrected chi connectivity index (χ0v) is 12.1. The van der Waals surface area contributed by atoms with Crippen LogP contribution in [0.2, 0.25) is 0 Å². The Morgan fingerprint density at radius 2 is 2.10 bits per heavy atom. The molecule has 0 aliphatic heterocycles. The highest BCUT2D eigenvalue weighted by Crippen LogP contribution is 2.25. The standard InChI is InChI=1S/C15H13N3O2S/c1-9-12(16)6-14(21-9)15(19)18-11-4-2-10(3-5-11)13-7-17-8-20-13/h2-8H,16H2,1H3,(H,18,19). The maximum absolute atomic E-state index is 12.1. The van der Waals surface area contributed by atoms with Crippen molar-refractivity contribution in [1.82, 2.24) is 4.98 Å². The van der Waals surface area contributed by atoms with Gasteiger partial charge >= 0.3 is 0 Å². The summed E-state index contributed by atoms with van der Waals surface area (Å²) in [5, 5.41) is 2.84. The number of anilines is 2. The first kappa shape index (κ1) is 13.4. The minimum absolute atomic E-state index is 0.160. The monoisotopic (exact) mass is 299 g/mol. The molecule has 0 aliphatic carbocycles. The van der Waals surface area contributed by atoms with Crippen LogP contribution in [-0.4, -0.2) is 10.9 Å². The van der Waals surface area contributed by atoms with Crippen LogP contribution in [0.15, 0.2) is 47.3 Å². The Morgan fingerprint density at radius 1 is 1.33 bits per heavy atom. The van der Waals surface area contributed by atoms with Crippen LogP contribution >= 0.6 is 11.3 Å². The number of rotatable bonds is 3. The van der Waals surface area contributed by atoms with Crippen LogP contribution in [0.25, 0.3) is 11.3 Å². The van der Waals surface area contributed by atoms with Crippen LogP contribution in [0.5, 0.6) is 0 Å². The van der Waals surface area contributed by atoms with Crippen LogP contribution in [-0.2, 0) is 0 Å². The second-order valence-electron chi connectivity index (χ2n) is 4.52. The van der Waals surface area contributed by atoms with Crippen molar-refractivity contribution in [3.63, 3.8) is 0 Å². The molecule has 1 aromatic carbocycles. The normalized spacial score (nSPS) is 10.5. The van der Waals surface area contributed by atoms with E-state index in [-0.39, 0.29) is 5.91 Å². The Morgan fingerprint density at radius 3 is 2.67 bits per heavy atom. The van der Waals surface area contributed by atoms with E-state index in [1.165, 1.54) is 17.7 Å². The Labute approximate surface area is 125 Å². The summed E-state index contributed by atoms with van der Waals surface area (Å²) >= 11 is 1.38. The minimum Gasteiger partial charge on any atom is -0.444 e. The Balaban J connectivity index is 1.74. The SMILES string of the molecule is Cc1sc(C(=O)Nc2ccc(-c3cnco3)cc2)cc1N. The van der Waals surface area contributed by atoms with Crippen molar-refractivity contribution in [3.8, 4) is 11.3 Å². The van der Waals surface area contributed by atoms with Gasteiger partial charge in [0.25, 0.3) is 5.91 Å². The lowest BCUT2D eigenvalue weighted by atomic mass is 10.1. The molecule has 1 amide bonds. The fraction of sp³-hybridized carbons (Fsp3) is 0.0667. The molecular formula is C15H13N3O2S. The van der Waals surface area contributed by atoms with Gasteiger partial charge in [-0.05, 0) is 37.3 Å². The number of aryl methyl sites for hydroxylation is 1. The number of aromatic nitrogens is 1. The van der Waals surface area contributed by atoms with Gasteiger partial charge in [0.1, 0.15) is 0 Å². The van der Waals surface area contributed by atoms with Gasteiger partial charge < -0.3 is 15.5 Å². The van der Waals surface area contributed by atoms with Gasteiger partial charge in [0, 0.05) is 21.8 Å². The van der Waals surface area contributed by atoms with Crippen molar-refractivity contribution >= 4 is 28.6 Å². The third-order valence-corrected chi connectivity index (χ3v) is 4.10. The first-order valence-corrected chi connectivity index (χ1v) is 7.11. The average molecular weight is 299 g/mol. The number of carbonyl (C=O) groups excluding carboxylic acids is 1. The molecule has 0 atom stereocenters. The molecule has 5 nitrogen and oxygen atoms in total. The summed E-state index contributed by atoms with van der Waals surface area (Å²) in [5.74, 6) is 0.529. The number of benzene rings is 1. The molecule has 0 aliphatic rings. The summed E-state index contributed by atoms with van der Waals surface area (Å²) in [7, 11) is 0. The average Bonchev–Trinajstić information content (AvgIpc) is 3.11. The summed E-state index contributed by atoms with van der Waals surface area (Å²) < 4.78 is 5.22. The fourth-order valence-corrected chi connectivity index (χ4v) is 2.71. The molecule has 3 rings (SSSR count). The molecule has 0 saturated heterocycles. The van der Waals surface area contributed by atoms with E-state index < -0.39 is 0 Å². The van der Waals surface area contributed by atoms with Crippen molar-refractivity contribution in [2.75, 3.05) is 11.1 Å². The van der Waals surface area contributed by atoms with Gasteiger partial charge in [0.05, 0.1) is 11.1 Å². The first-order valence-electron chi connectivity index (χ1n) is 6.29. The summed E-state index contributed by atoms with van der Waals surface area (Å²) in [6.45, 7) is 1.89. The van der Waals surface area contributed by atoms with Gasteiger partial charge in [-0.3, -0.25) is 4.79 Å². The molecule has 2 heterocycles. The van der Waals surface area contributed by atoms with Gasteiger partial charge in [-0.1, -0.05) is 0 Å². The highest BCUT2D eigenvalue weighted by molar-refractivity contribution is 7.14. The molecule has 0 spiro atoms. The molecule has 0 saturated carbocycles. The molecule has 0 unspecified atom stereocenters. The van der Waals surface area contributed by atoms with Crippen molar-refractivity contribution in [2.45, 2.75) is 6.92 Å². The molecule has 2 aromatic heterocycles. The number of nitrogen functional groups attached to an aromatic ring is 1. The molecule has 0 fully saturated rings. The van der Waals surface area contributed by atoms with Crippen molar-refractivity contribution in [3.05, 3.63) is 52.7 Å². The molecular weight excluding hydrogens is 286 g/mol. The van der Waals surface area contributed by atoms with Crippen molar-refractivity contribution in [1.29, 1.82) is 0 Å². The van der Waals surface area contributed by atoms with Crippen LogP contribution in [0.1, 0.15) is 14.5 Å². The first-order chi connectivity index (χ1) is 10.1. The lowest BCUT2D eigenvalue weighted by molar-refractivity contribution is 0.103. The molecule has 0 bridgehead atoms. The summed E-state index contributed by atoms with van der Waals surface area (Å²) in [5.41, 5.74) is 8.02. The Kier molecular flexibility index (Phi) is 3.45. The number of nitrogens with one attached hydrogen (secondary N) is 1. The third kappa shape index (κ3) is 2.80. The van der Waals surface area contributed by atoms with E-state index in [4.69, 9.17) is 10.2 Å². The summed E-state index contributed by atoms with van der Waals surface area (Å²) in [6.07, 6.45) is 3.03. The lowest BCUT2D eigenvalue weighted by Gasteiger charge is -2.04. The predicted molar refractivity (Wildman–Crippen MR) is 83.4 cm³/mol. The number of oxazole rings is 1. The van der Waals surface area contributed by atoms with E-state index >= 15 is 0 Å². The van der Waals surface area contributed by atoms with E-state index in [1.54, 1.807) is 12.3 Å². The molecule has 6 heteroatoms. The highest BCUT2D eigenvalue weighted by atomic mass is 32.1. The van der Waals surface area contributed by atoms with Gasteiger partial charge in [-0.25, -0.2) is 4.98 Å². The highest BCUT2D eigenvalue weighted by Gasteiger charge is 2.11. The molecule has 3 N–H and O–H groups in total. The summed E-state index contributed by atoms with van der Waals surface area (Å²) in [4.78, 5) is 17.5. The van der Waals surface area contributed by atoms with Crippen LogP contribution in [0, 0.1) is 6.92 Å². The predicted octanol–water partition coefficient (Wildman–Crippen LogP) is 3.55. The van der Waals surface area contributed by atoms with Crippen LogP contribution in [0.3, 0.4) is 0 Å². The largest absolute Gasteiger partial charge is 0.444 e. The minimum atomic E-state index is -0.160. The van der Waals surface area contributed by atoms with Gasteiger partial charge in [0.15, 0.2) is 12.2 Å². The number of amides is 1. The van der Waals surface area contributed by atoms with E-state index in [2.05, 4.69) is 10.3 Å². The zero-order chi connectivity index (χ0) is 14.8. The zero-order valence-electron chi connectivity index (χ0n) is 11.3. The van der Waals surface area contributed by atoms with Crippen molar-refractivity contribution in [2.24, 2.45) is 0 Å². The number of hydrogen-bond donors (Lipinski definition) is 2. The molecule has 0 radical (unpaired) electrons. The van der Waals surface area contributed by atoms with Crippen LogP contribution < -0.4 is 11.1 Å². The van der Waals surface area contributed by atoms with E-state index in [0.29, 0.717) is 22.0 Å². The number of carbonyl (C=O) groups is 1.